The van der Waals surface area contributed by atoms with Crippen molar-refractivity contribution in [1.82, 2.24) is 15.2 Å². The summed E-state index contributed by atoms with van der Waals surface area (Å²) in [6.07, 6.45) is 6.37. The minimum Gasteiger partial charge on any atom is -0.508 e. The summed E-state index contributed by atoms with van der Waals surface area (Å²) in [5.41, 5.74) is 2.98. The molecular weight excluding hydrogens is 426 g/mol. The summed E-state index contributed by atoms with van der Waals surface area (Å²) in [4.78, 5) is 7.22. The molecule has 0 aliphatic carbocycles. The Morgan fingerprint density at radius 1 is 1.18 bits per heavy atom. The molecule has 6 heteroatoms. The number of phenols is 1. The average molecular weight is 460 g/mol. The monoisotopic (exact) mass is 459 g/mol. The Kier molecular flexibility index (Phi) is 6.44. The van der Waals surface area contributed by atoms with Crippen molar-refractivity contribution in [3.8, 4) is 17.2 Å². The molecule has 3 aromatic rings. The summed E-state index contributed by atoms with van der Waals surface area (Å²) >= 11 is 0. The van der Waals surface area contributed by atoms with Crippen LogP contribution in [0.25, 0.3) is 10.9 Å². The molecule has 2 aromatic carbocycles. The Morgan fingerprint density at radius 2 is 1.97 bits per heavy atom. The third kappa shape index (κ3) is 4.24. The number of rotatable bonds is 8. The summed E-state index contributed by atoms with van der Waals surface area (Å²) in [5.74, 6) is 3.04. The summed E-state index contributed by atoms with van der Waals surface area (Å²) in [7, 11) is 3.34. The fraction of sp³-hybridized carbons (Fsp3) is 0.393. The van der Waals surface area contributed by atoms with Gasteiger partial charge < -0.3 is 19.9 Å². The molecule has 5 atom stereocenters. The SMILES string of the molecule is C=CC1CN2CCC1CC2[C@H](NCc1cc(OC)ccc1O)c1ccnc2ccc(OC)cc12. The number of ether oxygens (including phenoxy) is 2. The summed E-state index contributed by atoms with van der Waals surface area (Å²) in [5, 5.41) is 15.4. The molecule has 0 saturated carbocycles. The van der Waals surface area contributed by atoms with Gasteiger partial charge in [0.1, 0.15) is 17.2 Å². The van der Waals surface area contributed by atoms with Gasteiger partial charge in [0, 0.05) is 42.3 Å². The van der Waals surface area contributed by atoms with E-state index in [2.05, 4.69) is 40.0 Å². The van der Waals surface area contributed by atoms with Crippen LogP contribution in [0.5, 0.6) is 17.2 Å². The predicted molar refractivity (Wildman–Crippen MR) is 134 cm³/mol. The molecule has 1 aromatic heterocycles. The van der Waals surface area contributed by atoms with E-state index in [0.29, 0.717) is 24.4 Å². The van der Waals surface area contributed by atoms with Gasteiger partial charge in [-0.1, -0.05) is 6.08 Å². The number of phenolic OH excluding ortho intramolecular Hbond substituents is 1. The van der Waals surface area contributed by atoms with Gasteiger partial charge in [-0.25, -0.2) is 0 Å². The zero-order valence-electron chi connectivity index (χ0n) is 19.9. The van der Waals surface area contributed by atoms with Gasteiger partial charge >= 0.3 is 0 Å². The van der Waals surface area contributed by atoms with Crippen LogP contribution < -0.4 is 14.8 Å². The molecule has 0 spiro atoms. The number of hydrogen-bond acceptors (Lipinski definition) is 6. The second-order valence-corrected chi connectivity index (χ2v) is 9.38. The molecule has 6 rings (SSSR count). The van der Waals surface area contributed by atoms with Crippen LogP contribution in [-0.2, 0) is 6.54 Å². The normalized spacial score (nSPS) is 24.6. The first kappa shape index (κ1) is 22.7. The molecular formula is C28H33N3O3. The number of fused-ring (bicyclic) bond motifs is 4. The van der Waals surface area contributed by atoms with Gasteiger partial charge in [0.2, 0.25) is 0 Å². The van der Waals surface area contributed by atoms with Crippen molar-refractivity contribution in [3.63, 3.8) is 0 Å². The van der Waals surface area contributed by atoms with Crippen molar-refractivity contribution in [2.75, 3.05) is 27.3 Å². The molecule has 3 saturated heterocycles. The van der Waals surface area contributed by atoms with E-state index in [-0.39, 0.29) is 11.8 Å². The van der Waals surface area contributed by atoms with Crippen LogP contribution in [0, 0.1) is 11.8 Å². The number of aromatic nitrogens is 1. The fourth-order valence-electron chi connectivity index (χ4n) is 5.77. The molecule has 3 aliphatic heterocycles. The maximum Gasteiger partial charge on any atom is 0.120 e. The van der Waals surface area contributed by atoms with Gasteiger partial charge in [-0.15, -0.1) is 6.58 Å². The van der Waals surface area contributed by atoms with Crippen LogP contribution in [0.4, 0.5) is 0 Å². The van der Waals surface area contributed by atoms with Crippen molar-refractivity contribution in [3.05, 3.63) is 72.4 Å². The molecule has 2 bridgehead atoms. The first-order valence-electron chi connectivity index (χ1n) is 12.0. The smallest absolute Gasteiger partial charge is 0.120 e. The quantitative estimate of drug-likeness (QED) is 0.477. The molecule has 34 heavy (non-hydrogen) atoms. The zero-order valence-corrected chi connectivity index (χ0v) is 19.9. The lowest BCUT2D eigenvalue weighted by Crippen LogP contribution is -2.56. The molecule has 6 nitrogen and oxygen atoms in total. The van der Waals surface area contributed by atoms with Crippen LogP contribution >= 0.6 is 0 Å². The van der Waals surface area contributed by atoms with Gasteiger partial charge in [0.05, 0.1) is 19.7 Å². The summed E-state index contributed by atoms with van der Waals surface area (Å²) in [6.45, 7) is 6.77. The van der Waals surface area contributed by atoms with Crippen molar-refractivity contribution < 1.29 is 14.6 Å². The Morgan fingerprint density at radius 3 is 2.71 bits per heavy atom. The summed E-state index contributed by atoms with van der Waals surface area (Å²) < 4.78 is 10.9. The van der Waals surface area contributed by atoms with E-state index in [1.165, 1.54) is 12.0 Å². The number of benzene rings is 2. The molecule has 2 N–H and O–H groups in total. The van der Waals surface area contributed by atoms with Crippen LogP contribution in [-0.4, -0.2) is 48.3 Å². The van der Waals surface area contributed by atoms with Crippen LogP contribution in [0.3, 0.4) is 0 Å². The molecule has 178 valence electrons. The van der Waals surface area contributed by atoms with E-state index in [4.69, 9.17) is 9.47 Å². The van der Waals surface area contributed by atoms with E-state index in [9.17, 15) is 5.11 Å². The molecule has 0 amide bonds. The Balaban J connectivity index is 1.53. The maximum atomic E-state index is 10.5. The molecule has 4 unspecified atom stereocenters. The van der Waals surface area contributed by atoms with Crippen LogP contribution in [0.15, 0.2) is 61.3 Å². The highest BCUT2D eigenvalue weighted by atomic mass is 16.5. The van der Waals surface area contributed by atoms with Gasteiger partial charge in [-0.05, 0) is 79.3 Å². The lowest BCUT2D eigenvalue weighted by molar-refractivity contribution is 0.000918. The molecule has 0 radical (unpaired) electrons. The molecule has 4 heterocycles. The van der Waals surface area contributed by atoms with Gasteiger partial charge in [0.15, 0.2) is 0 Å². The minimum absolute atomic E-state index is 0.0665. The van der Waals surface area contributed by atoms with Gasteiger partial charge in [-0.3, -0.25) is 9.88 Å². The number of pyridine rings is 1. The summed E-state index contributed by atoms with van der Waals surface area (Å²) in [6, 6.07) is 14.0. The maximum absolute atomic E-state index is 10.5. The second kappa shape index (κ2) is 9.65. The van der Waals surface area contributed by atoms with E-state index >= 15 is 0 Å². The Labute approximate surface area is 201 Å². The van der Waals surface area contributed by atoms with Crippen LogP contribution in [0.1, 0.15) is 30.0 Å². The largest absolute Gasteiger partial charge is 0.508 e. The Hall–Kier alpha value is -3.09. The predicted octanol–water partition coefficient (Wildman–Crippen LogP) is 4.68. The second-order valence-electron chi connectivity index (χ2n) is 9.38. The number of piperidine rings is 3. The van der Waals surface area contributed by atoms with Crippen molar-refractivity contribution in [1.29, 1.82) is 0 Å². The number of nitrogens with one attached hydrogen (secondary N) is 1. The highest BCUT2D eigenvalue weighted by molar-refractivity contribution is 5.84. The van der Waals surface area contributed by atoms with Crippen molar-refractivity contribution >= 4 is 10.9 Å². The first-order valence-corrected chi connectivity index (χ1v) is 12.0. The third-order valence-electron chi connectivity index (χ3n) is 7.66. The fourth-order valence-corrected chi connectivity index (χ4v) is 5.77. The first-order chi connectivity index (χ1) is 16.6. The average Bonchev–Trinajstić information content (AvgIpc) is 2.89. The molecule has 3 aliphatic rings. The highest BCUT2D eigenvalue weighted by Crippen LogP contribution is 2.42. The van der Waals surface area contributed by atoms with E-state index in [0.717, 1.165) is 47.5 Å². The number of aromatic hydroxyl groups is 1. The Bertz CT molecular complexity index is 1180. The minimum atomic E-state index is 0.0665. The number of nitrogens with zero attached hydrogens (tertiary/aromatic N) is 2. The molecule has 3 fully saturated rings. The standard InChI is InChI=1S/C28H33N3O3/c1-4-18-17-31-12-10-19(18)14-26(31)28(30-16-20-13-21(33-2)6-8-27(20)32)23-9-11-29-25-7-5-22(34-3)15-24(23)25/h4-9,11,13,15,18-19,26,28,30,32H,1,10,12,14,16-17H2,2-3H3/t18?,19?,26?,28-/m1/s1. The van der Waals surface area contributed by atoms with Crippen LogP contribution in [0.2, 0.25) is 0 Å². The lowest BCUT2D eigenvalue weighted by atomic mass is 9.73. The third-order valence-corrected chi connectivity index (χ3v) is 7.66. The van der Waals surface area contributed by atoms with Gasteiger partial charge in [-0.2, -0.15) is 0 Å². The number of hydrogen-bond donors (Lipinski definition) is 2. The highest BCUT2D eigenvalue weighted by Gasteiger charge is 2.42. The van der Waals surface area contributed by atoms with Crippen molar-refractivity contribution in [2.45, 2.75) is 31.5 Å². The van der Waals surface area contributed by atoms with Gasteiger partial charge in [0.25, 0.3) is 0 Å². The van der Waals surface area contributed by atoms with E-state index in [1.807, 2.05) is 24.4 Å². The number of methoxy groups -OCH3 is 2. The zero-order chi connectivity index (χ0) is 23.7. The lowest BCUT2D eigenvalue weighted by Gasteiger charge is -2.52. The van der Waals surface area contributed by atoms with E-state index < -0.39 is 0 Å². The van der Waals surface area contributed by atoms with E-state index in [1.54, 1.807) is 26.4 Å². The topological polar surface area (TPSA) is 66.9 Å². The van der Waals surface area contributed by atoms with Crippen molar-refractivity contribution in [2.24, 2.45) is 11.8 Å².